The van der Waals surface area contributed by atoms with Crippen LogP contribution in [-0.2, 0) is 33.4 Å². The predicted molar refractivity (Wildman–Crippen MR) is 158 cm³/mol. The summed E-state index contributed by atoms with van der Waals surface area (Å²) in [6.07, 6.45) is 5.53. The lowest BCUT2D eigenvalue weighted by molar-refractivity contribution is -0.146. The van der Waals surface area contributed by atoms with E-state index < -0.39 is 54.2 Å². The molecule has 0 bridgehead atoms. The summed E-state index contributed by atoms with van der Waals surface area (Å²) < 4.78 is 10.2. The van der Waals surface area contributed by atoms with Gasteiger partial charge in [-0.25, -0.2) is 4.79 Å². The van der Waals surface area contributed by atoms with Crippen molar-refractivity contribution in [3.05, 3.63) is 34.9 Å². The second-order valence-electron chi connectivity index (χ2n) is 9.83. The van der Waals surface area contributed by atoms with Gasteiger partial charge >= 0.3 is 11.9 Å². The summed E-state index contributed by atoms with van der Waals surface area (Å²) in [5.74, 6) is -4.00. The predicted octanol–water partition coefficient (Wildman–Crippen LogP) is 3.54. The number of carbonyl (C=O) groups is 5. The molecule has 0 aliphatic heterocycles. The quantitative estimate of drug-likeness (QED) is 0.0858. The van der Waals surface area contributed by atoms with Crippen molar-refractivity contribution in [2.45, 2.75) is 65.5 Å². The summed E-state index contributed by atoms with van der Waals surface area (Å²) in [4.78, 5) is 66.5. The fourth-order valence-corrected chi connectivity index (χ4v) is 3.98. The molecule has 0 fully saturated rings. The number of methoxy groups -OCH3 is 1. The van der Waals surface area contributed by atoms with Gasteiger partial charge in [0.1, 0.15) is 6.04 Å². The van der Waals surface area contributed by atoms with E-state index in [9.17, 15) is 29.1 Å². The molecule has 0 saturated heterocycles. The van der Waals surface area contributed by atoms with Gasteiger partial charge in [0.05, 0.1) is 24.5 Å². The summed E-state index contributed by atoms with van der Waals surface area (Å²) in [6.45, 7) is 6.40. The van der Waals surface area contributed by atoms with E-state index in [4.69, 9.17) is 32.7 Å². The zero-order valence-electron chi connectivity index (χ0n) is 24.4. The molecule has 0 radical (unpaired) electrons. The van der Waals surface area contributed by atoms with E-state index >= 15 is 0 Å². The summed E-state index contributed by atoms with van der Waals surface area (Å²) in [5, 5.41) is 14.8. The molecule has 2 amide bonds. The minimum atomic E-state index is -1.50. The normalized spacial score (nSPS) is 15.4. The first-order valence-electron chi connectivity index (χ1n) is 13.0. The lowest BCUT2D eigenvalue weighted by Gasteiger charge is -2.33. The number of amides is 2. The van der Waals surface area contributed by atoms with Crippen molar-refractivity contribution in [2.24, 2.45) is 16.3 Å². The molecule has 0 saturated carbocycles. The lowest BCUT2D eigenvalue weighted by atomic mass is 9.80. The molecular weight excluding hydrogens is 577 g/mol. The number of ether oxygens (including phenoxy) is 2. The number of aliphatic carboxylic acids is 1. The number of hydrogen-bond donors (Lipinski definition) is 3. The number of aliphatic imine (C=N–C) groups is 1. The maximum absolute atomic E-state index is 13.5. The van der Waals surface area contributed by atoms with Gasteiger partial charge < -0.3 is 25.2 Å². The number of allylic oxidation sites excluding steroid dienone is 4. The third-order valence-corrected chi connectivity index (χ3v) is 6.19. The van der Waals surface area contributed by atoms with Crippen molar-refractivity contribution in [2.75, 3.05) is 27.4 Å². The molecule has 0 aliphatic rings. The maximum atomic E-state index is 13.5. The van der Waals surface area contributed by atoms with Crippen molar-refractivity contribution < 1.29 is 38.6 Å². The van der Waals surface area contributed by atoms with Gasteiger partial charge in [0, 0.05) is 49.4 Å². The van der Waals surface area contributed by atoms with Gasteiger partial charge in [0.25, 0.3) is 0 Å². The maximum Gasteiger partial charge on any atom is 0.332 e. The van der Waals surface area contributed by atoms with Gasteiger partial charge in [-0.1, -0.05) is 56.1 Å². The minimum Gasteiger partial charge on any atom is -0.481 e. The molecule has 0 spiro atoms. The number of esters is 1. The van der Waals surface area contributed by atoms with Gasteiger partial charge in [-0.3, -0.25) is 24.2 Å². The largest absolute Gasteiger partial charge is 0.481 e. The van der Waals surface area contributed by atoms with Crippen LogP contribution in [0.25, 0.3) is 0 Å². The van der Waals surface area contributed by atoms with Gasteiger partial charge in [0.15, 0.2) is 12.4 Å². The number of ketones is 1. The van der Waals surface area contributed by atoms with E-state index in [2.05, 4.69) is 15.6 Å². The lowest BCUT2D eigenvalue weighted by Crippen LogP contribution is -2.53. The second-order valence-corrected chi connectivity index (χ2v) is 10.5. The number of nitrogens with one attached hydrogen (secondary N) is 2. The molecule has 1 unspecified atom stereocenters. The molecule has 11 nitrogen and oxygen atoms in total. The first-order valence-corrected chi connectivity index (χ1v) is 13.8. The highest BCUT2D eigenvalue weighted by Crippen LogP contribution is 2.26. The molecule has 3 N–H and O–H groups in total. The summed E-state index contributed by atoms with van der Waals surface area (Å²) in [7, 11) is 2.95. The summed E-state index contributed by atoms with van der Waals surface area (Å²) in [6, 6.07) is -1.95. The van der Waals surface area contributed by atoms with Crippen molar-refractivity contribution in [3.63, 3.8) is 0 Å². The van der Waals surface area contributed by atoms with Crippen LogP contribution in [0.2, 0.25) is 0 Å². The Morgan fingerprint density at radius 1 is 1.12 bits per heavy atom. The third-order valence-electron chi connectivity index (χ3n) is 5.81. The van der Waals surface area contributed by atoms with Crippen LogP contribution in [0.15, 0.2) is 39.9 Å². The zero-order chi connectivity index (χ0) is 31.6. The standard InChI is InChI=1S/C28H41Cl2N3O8/c1-7-10-23(35)33-26(18(2)3)21(31-5)15-28(4,17-40-6)27(39)32-20(14-24(36)37)22(34)16-41-25(38)13-19(30)11-8-9-12-29/h8-9,11-13,18,20,26H,7,10,14-17H2,1-6H3,(H,32,39)(H,33,35)(H,36,37)/b11-8-,12-9+,19-13-,31-21?/t20-,26-,28?/m0/s1. The molecule has 0 aromatic heterocycles. The van der Waals surface area contributed by atoms with Crippen LogP contribution in [0.4, 0.5) is 0 Å². The number of halogens is 2. The molecular formula is C28H41Cl2N3O8. The molecule has 13 heteroatoms. The van der Waals surface area contributed by atoms with Crippen LogP contribution in [0, 0.1) is 11.3 Å². The Hall–Kier alpha value is -3.02. The Labute approximate surface area is 251 Å². The van der Waals surface area contributed by atoms with Crippen molar-refractivity contribution in [1.82, 2.24) is 10.6 Å². The summed E-state index contributed by atoms with van der Waals surface area (Å²) >= 11 is 11.3. The highest BCUT2D eigenvalue weighted by molar-refractivity contribution is 6.32. The van der Waals surface area contributed by atoms with Crippen molar-refractivity contribution >= 4 is 58.4 Å². The van der Waals surface area contributed by atoms with E-state index in [1.54, 1.807) is 14.0 Å². The van der Waals surface area contributed by atoms with Crippen LogP contribution in [0.3, 0.4) is 0 Å². The fraction of sp³-hybridized carbons (Fsp3) is 0.571. The average molecular weight is 619 g/mol. The Morgan fingerprint density at radius 3 is 2.29 bits per heavy atom. The zero-order valence-corrected chi connectivity index (χ0v) is 25.9. The fourth-order valence-electron chi connectivity index (χ4n) is 3.74. The van der Waals surface area contributed by atoms with E-state index in [1.165, 1.54) is 30.9 Å². The van der Waals surface area contributed by atoms with Crippen LogP contribution in [0.5, 0.6) is 0 Å². The molecule has 0 rings (SSSR count). The molecule has 0 aromatic carbocycles. The van der Waals surface area contributed by atoms with E-state index in [1.807, 2.05) is 20.8 Å². The van der Waals surface area contributed by atoms with Gasteiger partial charge in [0.2, 0.25) is 11.8 Å². The van der Waals surface area contributed by atoms with Gasteiger partial charge in [-0.2, -0.15) is 0 Å². The molecule has 3 atom stereocenters. The SMILES string of the molecule is CCCC(=O)N[C@H](C(CC(C)(COC)C(=O)N[C@@H](CC(=O)O)C(=O)COC(=O)/C=C(Cl)/C=C\C=C\Cl)=NC)C(C)C. The monoisotopic (exact) mass is 617 g/mol. The molecule has 0 aliphatic carbocycles. The van der Waals surface area contributed by atoms with E-state index in [0.717, 1.165) is 6.08 Å². The van der Waals surface area contributed by atoms with Crippen LogP contribution >= 0.6 is 23.2 Å². The number of Topliss-reactive ketones (excluding diaryl/α,β-unsaturated/α-hetero) is 1. The Morgan fingerprint density at radius 2 is 1.78 bits per heavy atom. The minimum absolute atomic E-state index is 0.00177. The van der Waals surface area contributed by atoms with Crippen LogP contribution in [0.1, 0.15) is 53.4 Å². The highest BCUT2D eigenvalue weighted by Gasteiger charge is 2.39. The molecule has 0 aromatic rings. The molecule has 0 heterocycles. The number of hydrogen-bond acceptors (Lipinski definition) is 8. The van der Waals surface area contributed by atoms with Gasteiger partial charge in [-0.05, 0) is 25.3 Å². The second kappa shape index (κ2) is 20.0. The topological polar surface area (TPSA) is 160 Å². The molecule has 41 heavy (non-hydrogen) atoms. The summed E-state index contributed by atoms with van der Waals surface area (Å²) in [5.41, 5.74) is 0.476. The van der Waals surface area contributed by atoms with Crippen molar-refractivity contribution in [3.8, 4) is 0 Å². The number of rotatable bonds is 19. The number of carboxylic acids is 1. The smallest absolute Gasteiger partial charge is 0.332 e. The van der Waals surface area contributed by atoms with Gasteiger partial charge in [-0.15, -0.1) is 0 Å². The first-order chi connectivity index (χ1) is 19.2. The van der Waals surface area contributed by atoms with Crippen molar-refractivity contribution in [1.29, 1.82) is 0 Å². The van der Waals surface area contributed by atoms with E-state index in [-0.39, 0.29) is 29.9 Å². The number of carbonyl (C=O) groups excluding carboxylic acids is 4. The Balaban J connectivity index is 5.81. The van der Waals surface area contributed by atoms with E-state index in [0.29, 0.717) is 18.6 Å². The van der Waals surface area contributed by atoms with Crippen LogP contribution < -0.4 is 10.6 Å². The highest BCUT2D eigenvalue weighted by atomic mass is 35.5. The number of nitrogens with zero attached hydrogens (tertiary/aromatic N) is 1. The Kier molecular flexibility index (Phi) is 18.5. The third kappa shape index (κ3) is 15.0. The average Bonchev–Trinajstić information content (AvgIpc) is 2.88. The van der Waals surface area contributed by atoms with Crippen LogP contribution in [-0.4, -0.2) is 79.8 Å². The molecule has 230 valence electrons. The Bertz CT molecular complexity index is 1040. The first kappa shape index (κ1) is 38.0. The number of carboxylic acid groups (broad SMARTS) is 1.